The fourth-order valence-electron chi connectivity index (χ4n) is 5.64. The molecule has 0 fully saturated rings. The van der Waals surface area contributed by atoms with Crippen molar-refractivity contribution in [2.45, 2.75) is 17.1 Å². The van der Waals surface area contributed by atoms with Crippen LogP contribution < -0.4 is 26.0 Å². The number of nitrogens with one attached hydrogen (secondary N) is 4. The SMILES string of the molecule is COc1cc(O)ccc1/C=C(/NC(=O)c1ccccc1)C(=O)Nc1cccc(SC(C(=O)Nc2sc(C(=O)Nc3ccccc3)c(C)c2C#N)c2ccccc2)c1. The molecule has 57 heavy (non-hydrogen) atoms. The normalized spacial score (nSPS) is 11.4. The number of phenolic OH excluding ortho intramolecular Hbond substituents is 1. The molecular weight excluding hydrogens is 759 g/mol. The molecule has 11 nitrogen and oxygen atoms in total. The van der Waals surface area contributed by atoms with Crippen molar-refractivity contribution >= 4 is 69.2 Å². The van der Waals surface area contributed by atoms with Crippen LogP contribution in [0.2, 0.25) is 0 Å². The van der Waals surface area contributed by atoms with Crippen molar-refractivity contribution in [1.29, 1.82) is 5.26 Å². The number of anilines is 3. The summed E-state index contributed by atoms with van der Waals surface area (Å²) >= 11 is 2.25. The Balaban J connectivity index is 1.25. The third kappa shape index (κ3) is 9.95. The van der Waals surface area contributed by atoms with E-state index in [1.807, 2.05) is 36.4 Å². The van der Waals surface area contributed by atoms with Gasteiger partial charge in [0.15, 0.2) is 0 Å². The molecule has 0 spiro atoms. The van der Waals surface area contributed by atoms with Crippen LogP contribution in [0.3, 0.4) is 0 Å². The molecule has 0 saturated heterocycles. The predicted octanol–water partition coefficient (Wildman–Crippen LogP) is 8.78. The number of methoxy groups -OCH3 is 1. The lowest BCUT2D eigenvalue weighted by atomic mass is 10.1. The molecule has 1 unspecified atom stereocenters. The Hall–Kier alpha value is -7.14. The Morgan fingerprint density at radius 1 is 0.789 bits per heavy atom. The largest absolute Gasteiger partial charge is 0.508 e. The van der Waals surface area contributed by atoms with E-state index in [1.165, 1.54) is 37.1 Å². The zero-order valence-corrected chi connectivity index (χ0v) is 32.2. The smallest absolute Gasteiger partial charge is 0.272 e. The number of amides is 4. The van der Waals surface area contributed by atoms with Crippen molar-refractivity contribution in [3.8, 4) is 17.6 Å². The molecule has 0 aliphatic carbocycles. The van der Waals surface area contributed by atoms with E-state index in [1.54, 1.807) is 91.9 Å². The summed E-state index contributed by atoms with van der Waals surface area (Å²) in [7, 11) is 1.42. The van der Waals surface area contributed by atoms with E-state index in [9.17, 15) is 29.5 Å². The Morgan fingerprint density at radius 3 is 2.14 bits per heavy atom. The number of hydrogen-bond acceptors (Lipinski definition) is 9. The van der Waals surface area contributed by atoms with Crippen molar-refractivity contribution in [3.05, 3.63) is 172 Å². The second-order valence-corrected chi connectivity index (χ2v) is 14.6. The molecule has 5 N–H and O–H groups in total. The van der Waals surface area contributed by atoms with Gasteiger partial charge in [-0.05, 0) is 78.7 Å². The number of thiophene rings is 1. The number of para-hydroxylation sites is 1. The maximum Gasteiger partial charge on any atom is 0.272 e. The van der Waals surface area contributed by atoms with Crippen LogP contribution in [0.15, 0.2) is 144 Å². The zero-order chi connectivity index (χ0) is 40.3. The fourth-order valence-corrected chi connectivity index (χ4v) is 7.78. The highest BCUT2D eigenvalue weighted by atomic mass is 32.2. The minimum atomic E-state index is -0.810. The van der Waals surface area contributed by atoms with E-state index in [-0.39, 0.29) is 27.8 Å². The lowest BCUT2D eigenvalue weighted by molar-refractivity contribution is -0.116. The molecule has 1 aromatic heterocycles. The third-order valence-electron chi connectivity index (χ3n) is 8.47. The monoisotopic (exact) mass is 793 g/mol. The summed E-state index contributed by atoms with van der Waals surface area (Å²) in [6.07, 6.45) is 1.45. The van der Waals surface area contributed by atoms with Crippen molar-refractivity contribution in [2.75, 3.05) is 23.1 Å². The molecule has 1 heterocycles. The van der Waals surface area contributed by atoms with Gasteiger partial charge in [-0.25, -0.2) is 0 Å². The Kier molecular flexibility index (Phi) is 12.8. The lowest BCUT2D eigenvalue weighted by Gasteiger charge is -2.17. The van der Waals surface area contributed by atoms with Crippen molar-refractivity contribution < 1.29 is 29.0 Å². The van der Waals surface area contributed by atoms with Gasteiger partial charge >= 0.3 is 0 Å². The van der Waals surface area contributed by atoms with Gasteiger partial charge in [0, 0.05) is 33.5 Å². The van der Waals surface area contributed by atoms with Gasteiger partial charge in [0.25, 0.3) is 17.7 Å². The number of phenols is 1. The van der Waals surface area contributed by atoms with Crippen LogP contribution in [0.1, 0.15) is 47.5 Å². The minimum absolute atomic E-state index is 0.0351. The summed E-state index contributed by atoms with van der Waals surface area (Å²) in [4.78, 5) is 55.3. The second-order valence-electron chi connectivity index (χ2n) is 12.4. The van der Waals surface area contributed by atoms with Gasteiger partial charge in [0.2, 0.25) is 5.91 Å². The van der Waals surface area contributed by atoms with Crippen LogP contribution in [-0.4, -0.2) is 35.8 Å². The number of carbonyl (C=O) groups excluding carboxylic acids is 4. The van der Waals surface area contributed by atoms with E-state index in [2.05, 4.69) is 27.3 Å². The highest BCUT2D eigenvalue weighted by Crippen LogP contribution is 2.39. The van der Waals surface area contributed by atoms with E-state index < -0.39 is 28.9 Å². The number of hydrogen-bond donors (Lipinski definition) is 5. The van der Waals surface area contributed by atoms with Crippen LogP contribution in [0.4, 0.5) is 16.4 Å². The number of rotatable bonds is 13. The molecule has 1 atom stereocenters. The first-order valence-electron chi connectivity index (χ1n) is 17.4. The summed E-state index contributed by atoms with van der Waals surface area (Å²) in [5.41, 5.74) is 2.98. The average Bonchev–Trinajstić information content (AvgIpc) is 3.55. The fraction of sp³-hybridized carbons (Fsp3) is 0.0682. The molecule has 284 valence electrons. The topological polar surface area (TPSA) is 170 Å². The molecule has 0 aliphatic heterocycles. The number of aromatic hydroxyl groups is 1. The maximum atomic E-state index is 14.1. The van der Waals surface area contributed by atoms with Crippen LogP contribution >= 0.6 is 23.1 Å². The van der Waals surface area contributed by atoms with Crippen molar-refractivity contribution in [3.63, 3.8) is 0 Å². The number of ether oxygens (including phenoxy) is 1. The van der Waals surface area contributed by atoms with E-state index >= 15 is 0 Å². The molecular formula is C44H35N5O6S2. The molecule has 6 rings (SSSR count). The molecule has 0 radical (unpaired) electrons. The van der Waals surface area contributed by atoms with Crippen LogP contribution in [0, 0.1) is 18.3 Å². The predicted molar refractivity (Wildman–Crippen MR) is 223 cm³/mol. The van der Waals surface area contributed by atoms with Crippen molar-refractivity contribution in [1.82, 2.24) is 5.32 Å². The Bertz CT molecular complexity index is 2500. The van der Waals surface area contributed by atoms with Gasteiger partial charge in [-0.15, -0.1) is 23.1 Å². The van der Waals surface area contributed by atoms with Crippen molar-refractivity contribution in [2.24, 2.45) is 0 Å². The summed E-state index contributed by atoms with van der Waals surface area (Å²) in [5.74, 6) is -1.73. The standard InChI is InChI=1S/C44H35N5O6S2/c1-27-35(26-45)44(57-38(27)42(53)46-31-17-10-5-11-18-31)49-43(54)39(28-13-6-3-7-14-28)56-34-20-12-19-32(24-34)47-41(52)36(48-40(51)29-15-8-4-9-16-29)23-30-21-22-33(50)25-37(30)55-2/h3-25,39,50H,1-2H3,(H,46,53)(H,47,52)(H,48,51)(H,49,54)/b36-23+. The molecule has 5 aromatic carbocycles. The Morgan fingerprint density at radius 2 is 1.46 bits per heavy atom. The highest BCUT2D eigenvalue weighted by Gasteiger charge is 2.27. The van der Waals surface area contributed by atoms with Gasteiger partial charge in [0.1, 0.15) is 33.5 Å². The van der Waals surface area contributed by atoms with E-state index in [0.717, 1.165) is 11.3 Å². The van der Waals surface area contributed by atoms with Crippen LogP contribution in [-0.2, 0) is 9.59 Å². The first-order valence-corrected chi connectivity index (χ1v) is 19.1. The molecule has 4 amide bonds. The third-order valence-corrected chi connectivity index (χ3v) is 10.9. The van der Waals surface area contributed by atoms with Gasteiger partial charge in [-0.2, -0.15) is 5.26 Å². The first-order chi connectivity index (χ1) is 27.6. The van der Waals surface area contributed by atoms with E-state index in [4.69, 9.17) is 4.74 Å². The maximum absolute atomic E-state index is 14.1. The molecule has 0 saturated carbocycles. The summed E-state index contributed by atoms with van der Waals surface area (Å²) < 4.78 is 5.40. The van der Waals surface area contributed by atoms with Gasteiger partial charge in [-0.3, -0.25) is 19.2 Å². The molecule has 6 aromatic rings. The molecule has 13 heteroatoms. The van der Waals surface area contributed by atoms with Gasteiger partial charge in [-0.1, -0.05) is 72.8 Å². The molecule has 0 aliphatic rings. The average molecular weight is 794 g/mol. The number of nitrogens with zero attached hydrogens (tertiary/aromatic N) is 1. The van der Waals surface area contributed by atoms with Gasteiger partial charge < -0.3 is 31.1 Å². The van der Waals surface area contributed by atoms with Crippen LogP contribution in [0.5, 0.6) is 11.5 Å². The second kappa shape index (κ2) is 18.5. The number of nitriles is 1. The number of carbonyl (C=O) groups is 4. The lowest BCUT2D eigenvalue weighted by Crippen LogP contribution is -2.30. The van der Waals surface area contributed by atoms with Crippen LogP contribution in [0.25, 0.3) is 6.08 Å². The zero-order valence-electron chi connectivity index (χ0n) is 30.6. The Labute approximate surface area is 337 Å². The summed E-state index contributed by atoms with van der Waals surface area (Å²) in [6.45, 7) is 1.67. The minimum Gasteiger partial charge on any atom is -0.508 e. The highest BCUT2D eigenvalue weighted by molar-refractivity contribution is 8.00. The quantitative estimate of drug-likeness (QED) is 0.0571. The number of thioether (sulfide) groups is 1. The summed E-state index contributed by atoms with van der Waals surface area (Å²) in [5, 5.41) is 30.7. The summed E-state index contributed by atoms with van der Waals surface area (Å²) in [6, 6.07) is 39.9. The van der Waals surface area contributed by atoms with E-state index in [0.29, 0.717) is 43.4 Å². The van der Waals surface area contributed by atoms with Gasteiger partial charge in [0.05, 0.1) is 17.6 Å². The first kappa shape index (κ1) is 39.6. The number of benzene rings is 5. The molecule has 0 bridgehead atoms.